The molecule has 0 aliphatic carbocycles. The second-order valence-electron chi connectivity index (χ2n) is 3.79. The maximum Gasteiger partial charge on any atom is 0.0600 e. The fourth-order valence-electron chi connectivity index (χ4n) is 1.72. The van der Waals surface area contributed by atoms with Crippen LogP contribution in [0.5, 0.6) is 0 Å². The molecule has 2 aromatic heterocycles. The minimum absolute atomic E-state index is 0.144. The molecule has 0 saturated heterocycles. The van der Waals surface area contributed by atoms with Crippen LogP contribution in [0.4, 0.5) is 0 Å². The predicted octanol–water partition coefficient (Wildman–Crippen LogP) is 1.65. The van der Waals surface area contributed by atoms with Gasteiger partial charge in [-0.3, -0.25) is 9.67 Å². The van der Waals surface area contributed by atoms with Crippen LogP contribution in [0.2, 0.25) is 0 Å². The lowest BCUT2D eigenvalue weighted by molar-refractivity contribution is 0.658. The highest BCUT2D eigenvalue weighted by molar-refractivity contribution is 5.30. The molecule has 0 fully saturated rings. The summed E-state index contributed by atoms with van der Waals surface area (Å²) < 4.78 is 1.88. The van der Waals surface area contributed by atoms with Crippen LogP contribution in [0.1, 0.15) is 29.8 Å². The first kappa shape index (κ1) is 10.8. The molecule has 4 nitrogen and oxygen atoms in total. The maximum absolute atomic E-state index is 6.19. The molecule has 0 aromatic carbocycles. The minimum Gasteiger partial charge on any atom is -0.320 e. The van der Waals surface area contributed by atoms with Crippen molar-refractivity contribution in [2.75, 3.05) is 0 Å². The van der Waals surface area contributed by atoms with Crippen LogP contribution in [0.25, 0.3) is 0 Å². The number of rotatable bonds is 3. The van der Waals surface area contributed by atoms with Crippen molar-refractivity contribution in [3.8, 4) is 0 Å². The lowest BCUT2D eigenvalue weighted by Gasteiger charge is -2.11. The van der Waals surface area contributed by atoms with Crippen molar-refractivity contribution < 1.29 is 0 Å². The summed E-state index contributed by atoms with van der Waals surface area (Å²) in [6.07, 6.45) is 5.58. The van der Waals surface area contributed by atoms with Crippen molar-refractivity contribution in [2.45, 2.75) is 26.4 Å². The van der Waals surface area contributed by atoms with E-state index in [-0.39, 0.29) is 6.04 Å². The van der Waals surface area contributed by atoms with E-state index in [0.29, 0.717) is 0 Å². The van der Waals surface area contributed by atoms with Crippen molar-refractivity contribution in [3.05, 3.63) is 47.5 Å². The number of hydrogen-bond donors (Lipinski definition) is 1. The van der Waals surface area contributed by atoms with E-state index >= 15 is 0 Å². The summed E-state index contributed by atoms with van der Waals surface area (Å²) in [5.41, 5.74) is 9.24. The van der Waals surface area contributed by atoms with Gasteiger partial charge in [0.05, 0.1) is 12.2 Å². The van der Waals surface area contributed by atoms with Crippen LogP contribution >= 0.6 is 0 Å². The van der Waals surface area contributed by atoms with E-state index in [1.54, 1.807) is 6.20 Å². The summed E-state index contributed by atoms with van der Waals surface area (Å²) in [6, 6.07) is 3.77. The van der Waals surface area contributed by atoms with Gasteiger partial charge in [0, 0.05) is 30.2 Å². The molecule has 16 heavy (non-hydrogen) atoms. The molecule has 2 aromatic rings. The Kier molecular flexibility index (Phi) is 3.01. The van der Waals surface area contributed by atoms with E-state index < -0.39 is 0 Å². The minimum atomic E-state index is -0.144. The monoisotopic (exact) mass is 216 g/mol. The molecular weight excluding hydrogens is 200 g/mol. The largest absolute Gasteiger partial charge is 0.320 e. The molecule has 1 atom stereocenters. The van der Waals surface area contributed by atoms with Crippen LogP contribution in [0.3, 0.4) is 0 Å². The van der Waals surface area contributed by atoms with E-state index in [9.17, 15) is 0 Å². The molecule has 0 aliphatic rings. The standard InChI is InChI=1S/C12H16N4/c1-3-16-8-10(7-15-16)12(13)11-5-4-6-14-9(11)2/h4-8,12H,3,13H2,1-2H3. The number of nitrogens with two attached hydrogens (primary N) is 1. The Morgan fingerprint density at radius 2 is 2.31 bits per heavy atom. The summed E-state index contributed by atoms with van der Waals surface area (Å²) >= 11 is 0. The normalized spacial score (nSPS) is 12.7. The first-order valence-corrected chi connectivity index (χ1v) is 5.41. The van der Waals surface area contributed by atoms with Crippen LogP contribution in [-0.2, 0) is 6.54 Å². The third-order valence-corrected chi connectivity index (χ3v) is 2.72. The molecule has 0 amide bonds. The number of nitrogens with zero attached hydrogens (tertiary/aromatic N) is 3. The second kappa shape index (κ2) is 4.45. The molecule has 0 radical (unpaired) electrons. The van der Waals surface area contributed by atoms with Gasteiger partial charge in [-0.2, -0.15) is 5.10 Å². The number of aryl methyl sites for hydroxylation is 2. The molecule has 0 aliphatic heterocycles. The summed E-state index contributed by atoms with van der Waals surface area (Å²) in [7, 11) is 0. The Morgan fingerprint density at radius 1 is 1.50 bits per heavy atom. The summed E-state index contributed by atoms with van der Waals surface area (Å²) in [5.74, 6) is 0. The number of hydrogen-bond acceptors (Lipinski definition) is 3. The van der Waals surface area contributed by atoms with Gasteiger partial charge in [-0.25, -0.2) is 0 Å². The average Bonchev–Trinajstić information content (AvgIpc) is 2.77. The predicted molar refractivity (Wildman–Crippen MR) is 62.9 cm³/mol. The molecule has 0 bridgehead atoms. The number of aromatic nitrogens is 3. The SMILES string of the molecule is CCn1cc(C(N)c2cccnc2C)cn1. The Bertz CT molecular complexity index is 475. The van der Waals surface area contributed by atoms with Crippen molar-refractivity contribution >= 4 is 0 Å². The fraction of sp³-hybridized carbons (Fsp3) is 0.333. The summed E-state index contributed by atoms with van der Waals surface area (Å²) in [6.45, 7) is 4.88. The van der Waals surface area contributed by atoms with Crippen LogP contribution < -0.4 is 5.73 Å². The molecule has 84 valence electrons. The first-order chi connectivity index (χ1) is 7.72. The van der Waals surface area contributed by atoms with Gasteiger partial charge in [-0.1, -0.05) is 6.07 Å². The molecule has 2 N–H and O–H groups in total. The zero-order valence-corrected chi connectivity index (χ0v) is 9.59. The number of pyridine rings is 1. The van der Waals surface area contributed by atoms with E-state index in [1.807, 2.05) is 36.1 Å². The van der Waals surface area contributed by atoms with E-state index in [4.69, 9.17) is 5.73 Å². The summed E-state index contributed by atoms with van der Waals surface area (Å²) in [5, 5.41) is 4.23. The van der Waals surface area contributed by atoms with Crippen LogP contribution in [0, 0.1) is 6.92 Å². The topological polar surface area (TPSA) is 56.7 Å². The molecule has 1 unspecified atom stereocenters. The van der Waals surface area contributed by atoms with Gasteiger partial charge in [-0.05, 0) is 25.5 Å². The van der Waals surface area contributed by atoms with Crippen molar-refractivity contribution in [3.63, 3.8) is 0 Å². The zero-order chi connectivity index (χ0) is 11.5. The Labute approximate surface area is 95.1 Å². The Hall–Kier alpha value is -1.68. The van der Waals surface area contributed by atoms with Crippen LogP contribution in [0.15, 0.2) is 30.7 Å². The fourth-order valence-corrected chi connectivity index (χ4v) is 1.72. The molecule has 0 spiro atoms. The molecule has 2 heterocycles. The van der Waals surface area contributed by atoms with Gasteiger partial charge in [0.2, 0.25) is 0 Å². The molecule has 2 rings (SSSR count). The van der Waals surface area contributed by atoms with Gasteiger partial charge in [0.15, 0.2) is 0 Å². The van der Waals surface area contributed by atoms with Gasteiger partial charge in [0.1, 0.15) is 0 Å². The summed E-state index contributed by atoms with van der Waals surface area (Å²) in [4.78, 5) is 4.25. The van der Waals surface area contributed by atoms with Gasteiger partial charge in [0.25, 0.3) is 0 Å². The van der Waals surface area contributed by atoms with Crippen LogP contribution in [-0.4, -0.2) is 14.8 Å². The highest BCUT2D eigenvalue weighted by Gasteiger charge is 2.13. The third kappa shape index (κ3) is 1.97. The molecular formula is C12H16N4. The first-order valence-electron chi connectivity index (χ1n) is 5.41. The molecule has 4 heteroatoms. The lowest BCUT2D eigenvalue weighted by Crippen LogP contribution is -2.13. The zero-order valence-electron chi connectivity index (χ0n) is 9.59. The Morgan fingerprint density at radius 3 is 2.94 bits per heavy atom. The van der Waals surface area contributed by atoms with E-state index in [1.165, 1.54) is 0 Å². The smallest absolute Gasteiger partial charge is 0.0600 e. The second-order valence-corrected chi connectivity index (χ2v) is 3.79. The van der Waals surface area contributed by atoms with Gasteiger partial charge in [-0.15, -0.1) is 0 Å². The van der Waals surface area contributed by atoms with Gasteiger partial charge >= 0.3 is 0 Å². The Balaban J connectivity index is 2.31. The quantitative estimate of drug-likeness (QED) is 0.848. The van der Waals surface area contributed by atoms with E-state index in [2.05, 4.69) is 17.0 Å². The highest BCUT2D eigenvalue weighted by atomic mass is 15.3. The highest BCUT2D eigenvalue weighted by Crippen LogP contribution is 2.20. The third-order valence-electron chi connectivity index (χ3n) is 2.72. The average molecular weight is 216 g/mol. The van der Waals surface area contributed by atoms with Crippen molar-refractivity contribution in [1.82, 2.24) is 14.8 Å². The van der Waals surface area contributed by atoms with Crippen molar-refractivity contribution in [2.24, 2.45) is 5.73 Å². The van der Waals surface area contributed by atoms with Gasteiger partial charge < -0.3 is 5.73 Å². The van der Waals surface area contributed by atoms with Crippen molar-refractivity contribution in [1.29, 1.82) is 0 Å². The van der Waals surface area contributed by atoms with E-state index in [0.717, 1.165) is 23.4 Å². The molecule has 0 saturated carbocycles. The maximum atomic E-state index is 6.19. The lowest BCUT2D eigenvalue weighted by atomic mass is 10.0.